The van der Waals surface area contributed by atoms with Gasteiger partial charge in [0.15, 0.2) is 0 Å². The molecule has 0 bridgehead atoms. The summed E-state index contributed by atoms with van der Waals surface area (Å²) < 4.78 is 0. The van der Waals surface area contributed by atoms with Gasteiger partial charge in [-0.25, -0.2) is 0 Å². The summed E-state index contributed by atoms with van der Waals surface area (Å²) in [5, 5.41) is 65.2. The van der Waals surface area contributed by atoms with E-state index >= 15 is 0 Å². The minimum absolute atomic E-state index is 0.00105. The second-order valence-electron chi connectivity index (χ2n) is 31.5. The Kier molecular flexibility index (Phi) is 43.4. The third-order valence-corrected chi connectivity index (χ3v) is 20.2. The first-order valence-electron chi connectivity index (χ1n) is 41.2. The fraction of sp³-hybridized carbons (Fsp3) is 0.575. The van der Waals surface area contributed by atoms with Crippen molar-refractivity contribution in [1.82, 2.24) is 93.7 Å². The van der Waals surface area contributed by atoms with E-state index in [0.717, 1.165) is 0 Å². The van der Waals surface area contributed by atoms with E-state index in [1.54, 1.807) is 77.8 Å². The number of amides is 16. The molecule has 125 heavy (non-hydrogen) atoms. The molecule has 2 aliphatic heterocycles. The first kappa shape index (κ1) is 103. The van der Waals surface area contributed by atoms with Crippen molar-refractivity contribution in [2.75, 3.05) is 117 Å². The molecule has 0 aliphatic carbocycles. The minimum Gasteiger partial charge on any atom is -0.480 e. The van der Waals surface area contributed by atoms with Crippen molar-refractivity contribution < 1.29 is 111 Å². The number of nitrogens with zero attached hydrogens (tertiary/aromatic N) is 4. The normalized spacial score (nSPS) is 16.1. The van der Waals surface area contributed by atoms with Gasteiger partial charge in [-0.15, -0.1) is 0 Å². The predicted molar refractivity (Wildman–Crippen MR) is 449 cm³/mol. The number of Topliss-reactive ketones (excluding diaryl/α,β-unsaturated/α-hetero) is 1. The van der Waals surface area contributed by atoms with Crippen LogP contribution in [0.2, 0.25) is 0 Å². The van der Waals surface area contributed by atoms with E-state index in [1.165, 1.54) is 38.1 Å². The third-order valence-electron chi connectivity index (χ3n) is 20.2. The van der Waals surface area contributed by atoms with Crippen molar-refractivity contribution in [3.63, 3.8) is 0 Å². The number of carboxylic acid groups (broad SMARTS) is 3. The van der Waals surface area contributed by atoms with E-state index in [9.17, 15) is 111 Å². The van der Waals surface area contributed by atoms with Gasteiger partial charge in [-0.05, 0) is 119 Å². The van der Waals surface area contributed by atoms with Crippen LogP contribution >= 0.6 is 0 Å². The lowest BCUT2D eigenvalue weighted by molar-refractivity contribution is -0.140. The molecule has 0 radical (unpaired) electrons. The maximum Gasteiger partial charge on any atom is 0.317 e. The summed E-state index contributed by atoms with van der Waals surface area (Å²) in [6.07, 6.45) is -0.165. The fourth-order valence-corrected chi connectivity index (χ4v) is 13.5. The molecule has 5 rings (SSSR count). The van der Waals surface area contributed by atoms with Crippen LogP contribution < -0.4 is 91.6 Å². The zero-order valence-electron chi connectivity index (χ0n) is 71.1. The number of aromatic amines is 1. The number of ketones is 1. The van der Waals surface area contributed by atoms with Gasteiger partial charge in [0.2, 0.25) is 88.6 Å². The first-order valence-corrected chi connectivity index (χ1v) is 41.2. The number of carbonyl (C=O) groups excluding carboxylic acids is 17. The smallest absolute Gasteiger partial charge is 0.317 e. The molecule has 2 aliphatic rings. The lowest BCUT2D eigenvalue weighted by atomic mass is 10.0. The number of nitrogens with two attached hydrogens (primary N) is 3. The molecule has 45 nitrogen and oxygen atoms in total. The van der Waals surface area contributed by atoms with Crippen LogP contribution in [-0.4, -0.2) is 324 Å². The predicted octanol–water partition coefficient (Wildman–Crippen LogP) is -6.58. The Morgan fingerprint density at radius 2 is 0.968 bits per heavy atom. The van der Waals surface area contributed by atoms with Gasteiger partial charge in [-0.1, -0.05) is 45.9 Å². The molecule has 3 aromatic rings. The molecule has 688 valence electrons. The van der Waals surface area contributed by atoms with Gasteiger partial charge in [-0.2, -0.15) is 0 Å². The highest BCUT2D eigenvalue weighted by atomic mass is 16.4. The number of rotatable bonds is 51. The zero-order valence-corrected chi connectivity index (χ0v) is 71.1. The van der Waals surface area contributed by atoms with Crippen LogP contribution in [-0.2, 0) is 97.5 Å². The van der Waals surface area contributed by atoms with Gasteiger partial charge >= 0.3 is 17.9 Å². The first-order chi connectivity index (χ1) is 59.1. The van der Waals surface area contributed by atoms with Crippen LogP contribution in [0.25, 0.3) is 10.9 Å². The van der Waals surface area contributed by atoms with Crippen molar-refractivity contribution in [3.8, 4) is 0 Å². The van der Waals surface area contributed by atoms with Crippen LogP contribution in [0.3, 0.4) is 0 Å². The van der Waals surface area contributed by atoms with E-state index < -0.39 is 205 Å². The number of fused-ring (bicyclic) bond motifs is 1. The van der Waals surface area contributed by atoms with E-state index in [1.807, 2.05) is 0 Å². The van der Waals surface area contributed by atoms with Gasteiger partial charge in [0.05, 0.1) is 58.3 Å². The second kappa shape index (κ2) is 52.8. The number of carboxylic acids is 3. The van der Waals surface area contributed by atoms with Crippen molar-refractivity contribution in [2.45, 2.75) is 173 Å². The second-order valence-corrected chi connectivity index (χ2v) is 31.5. The molecular formula is C80H120N22O23. The number of aromatic nitrogens is 1. The molecule has 2 aromatic carbocycles. The number of hydrogen-bond donors (Lipinski definition) is 21. The minimum atomic E-state index is -1.88. The van der Waals surface area contributed by atoms with Gasteiger partial charge in [-0.3, -0.25) is 115 Å². The molecule has 16 amide bonds. The molecule has 2 saturated heterocycles. The molecule has 0 unspecified atom stereocenters. The molecular weight excluding hydrogens is 1640 g/mol. The molecule has 24 N–H and O–H groups in total. The molecule has 1 aromatic heterocycles. The Bertz CT molecular complexity index is 4260. The highest BCUT2D eigenvalue weighted by Crippen LogP contribution is 2.21. The van der Waals surface area contributed by atoms with Gasteiger partial charge in [0.25, 0.3) is 5.91 Å². The van der Waals surface area contributed by atoms with Crippen LogP contribution in [0.5, 0.6) is 0 Å². The van der Waals surface area contributed by atoms with Gasteiger partial charge in [0, 0.05) is 107 Å². The van der Waals surface area contributed by atoms with Crippen LogP contribution in [0.1, 0.15) is 128 Å². The largest absolute Gasteiger partial charge is 0.480 e. The molecule has 0 spiro atoms. The summed E-state index contributed by atoms with van der Waals surface area (Å²) in [7, 11) is 0. The molecule has 0 saturated carbocycles. The molecule has 3 heterocycles. The highest BCUT2D eigenvalue weighted by Gasteiger charge is 2.37. The Morgan fingerprint density at radius 3 is 1.48 bits per heavy atom. The average Bonchev–Trinajstić information content (AvgIpc) is 1.73. The topological polar surface area (TPSA) is 677 Å². The number of carbonyl (C=O) groups is 20. The van der Waals surface area contributed by atoms with Crippen molar-refractivity contribution in [1.29, 1.82) is 0 Å². The zero-order chi connectivity index (χ0) is 92.6. The number of benzene rings is 2. The Balaban J connectivity index is 1.25. The maximum absolute atomic E-state index is 14.6. The molecule has 45 heteroatoms. The highest BCUT2D eigenvalue weighted by molar-refractivity contribution is 6.01. The molecule has 9 atom stereocenters. The Hall–Kier alpha value is -12.6. The van der Waals surface area contributed by atoms with Crippen LogP contribution in [0.15, 0.2) is 54.7 Å². The van der Waals surface area contributed by atoms with Crippen molar-refractivity contribution in [3.05, 3.63) is 65.9 Å². The number of nitrogens with one attached hydrogen (secondary N) is 15. The summed E-state index contributed by atoms with van der Waals surface area (Å²) >= 11 is 0. The summed E-state index contributed by atoms with van der Waals surface area (Å²) in [5.41, 5.74) is 18.0. The number of aliphatic carboxylic acids is 3. The summed E-state index contributed by atoms with van der Waals surface area (Å²) in [5.74, 6) is -18.4. The van der Waals surface area contributed by atoms with E-state index in [-0.39, 0.29) is 160 Å². The maximum atomic E-state index is 14.6. The summed E-state index contributed by atoms with van der Waals surface area (Å²) in [6.45, 7) is 8.06. The van der Waals surface area contributed by atoms with E-state index in [4.69, 9.17) is 17.2 Å². The lowest BCUT2D eigenvalue weighted by Gasteiger charge is -2.32. The Morgan fingerprint density at radius 1 is 0.472 bits per heavy atom. The average molecular weight is 1760 g/mol. The van der Waals surface area contributed by atoms with E-state index in [2.05, 4.69) is 79.4 Å². The standard InChI is InChI=1S/C80H120N22O23/c1-45(2)34-58(73(118)89-40-65(108)92-60(36-63(83)106)79(124)95-57(21-23-62(82)105)77(122)97-59(35-50-38-86-53-13-8-7-12-52(50)53)78(123)90-48(6)71(116)98-70(46(3)4)80(125)88-37-47(5)103)96-75(120)55(93-76(121)56(20-22-61(81)104)94-74(119)54-15-11-25-84-54)14-9-10-24-85-72(117)49-16-18-51(19-17-49)91-64(107)39-87-66(109)41-99-26-28-100(42-67(110)111)30-32-102(44-69(114)115)33-31-101(29-27-99)43-68(112)113/h7-8,12-13,16-19,38,45-46,48,54-60,70,84,86H,9-11,14-15,20-37,39-44H2,1-6H3,(H2,81,104)(H2,82,105)(H2,83,106)(H,85,117)(H,87,109)(H,88,125)(H,89,118)(H,90,123)(H,91,107)(H,92,108)(H,93,121)(H,94,119)(H,95,124)(H,96,120)(H,97,122)(H,98,116)(H,110,111)(H,112,113)(H,114,115)/t48-,54-,55-,56-,57-,58-,59-,60-,70-/m0/s1. The van der Waals surface area contributed by atoms with E-state index in [0.29, 0.717) is 35.9 Å². The van der Waals surface area contributed by atoms with Crippen LogP contribution in [0, 0.1) is 11.8 Å². The number of para-hydroxylation sites is 1. The fourth-order valence-electron chi connectivity index (χ4n) is 13.5. The summed E-state index contributed by atoms with van der Waals surface area (Å²) in [6, 6.07) is -0.0351. The monoisotopic (exact) mass is 1760 g/mol. The Labute approximate surface area is 721 Å². The molecule has 2 fully saturated rings. The number of primary amides is 3. The summed E-state index contributed by atoms with van der Waals surface area (Å²) in [4.78, 5) is 273. The van der Waals surface area contributed by atoms with Gasteiger partial charge in [0.1, 0.15) is 54.1 Å². The lowest BCUT2D eigenvalue weighted by Crippen LogP contribution is -2.60. The third kappa shape index (κ3) is 38.8. The quantitative estimate of drug-likeness (QED) is 0.0234. The van der Waals surface area contributed by atoms with Crippen LogP contribution in [0.4, 0.5) is 5.69 Å². The van der Waals surface area contributed by atoms with Crippen molar-refractivity contribution in [2.24, 2.45) is 29.0 Å². The number of anilines is 1. The SMILES string of the molecule is CC(=O)CNC(=O)[C@@H](NC(=O)[C@H](C)NC(=O)[C@H](Cc1c[nH]c2ccccc12)NC(=O)[C@H](CCC(N)=O)NC(=O)[C@H](CC(N)=O)NC(=O)CNC(=O)[C@H](CC(C)C)NC(=O)[C@H](CCCCNC(=O)c1ccc(NC(=O)CNC(=O)CN2CCN(CC(=O)O)CCN(CC(=O)O)CCN(CC(=O)O)CC2)cc1)NC(=O)[C@H](CCC(N)=O)NC(=O)[C@@H]1CCCN1)C(C)C. The van der Waals surface area contributed by atoms with Gasteiger partial charge < -0.3 is 112 Å². The van der Waals surface area contributed by atoms with Crippen molar-refractivity contribution >= 4 is 135 Å². The number of unbranched alkanes of at least 4 members (excludes halogenated alkanes) is 1. The number of H-pyrrole nitrogens is 1. The number of hydrogen-bond acceptors (Lipinski definition) is 25.